The van der Waals surface area contributed by atoms with E-state index in [9.17, 15) is 5.11 Å². The van der Waals surface area contributed by atoms with E-state index < -0.39 is 6.10 Å². The minimum atomic E-state index is -0.555. The third-order valence-corrected chi connectivity index (χ3v) is 4.33. The van der Waals surface area contributed by atoms with Crippen molar-refractivity contribution in [3.63, 3.8) is 0 Å². The first kappa shape index (κ1) is 19.5. The summed E-state index contributed by atoms with van der Waals surface area (Å²) in [6.07, 6.45) is -0.555. The number of aliphatic hydroxyl groups is 1. The Hall–Kier alpha value is -1.84. The molecule has 3 nitrogen and oxygen atoms in total. The molecule has 0 saturated heterocycles. The van der Waals surface area contributed by atoms with Gasteiger partial charge in [0.15, 0.2) is 0 Å². The predicted molar refractivity (Wildman–Crippen MR) is 104 cm³/mol. The van der Waals surface area contributed by atoms with Crippen molar-refractivity contribution in [1.82, 2.24) is 5.32 Å². The second kappa shape index (κ2) is 8.50. The molecule has 0 aliphatic carbocycles. The topological polar surface area (TPSA) is 41.5 Å². The molecule has 2 aromatic rings. The number of hydrogen-bond acceptors (Lipinski definition) is 3. The van der Waals surface area contributed by atoms with Crippen LogP contribution < -0.4 is 10.1 Å². The summed E-state index contributed by atoms with van der Waals surface area (Å²) in [6.45, 7) is 11.5. The first-order valence-corrected chi connectivity index (χ1v) is 8.97. The summed E-state index contributed by atoms with van der Waals surface area (Å²) in [4.78, 5) is 0. The lowest BCUT2D eigenvalue weighted by Crippen LogP contribution is -2.33. The molecule has 2 atom stereocenters. The Morgan fingerprint density at radius 3 is 2.40 bits per heavy atom. The zero-order chi connectivity index (χ0) is 18.4. The van der Waals surface area contributed by atoms with Gasteiger partial charge in [0.1, 0.15) is 18.5 Å². The molecule has 0 aromatic heterocycles. The SMILES string of the molecule is Cc1ccc(OC[C@@H](O)CN[C@H](C)c2ccccc2)c(C(C)(C)C)c1. The Kier molecular flexibility index (Phi) is 6.63. The molecule has 0 spiro atoms. The molecule has 0 aliphatic heterocycles. The summed E-state index contributed by atoms with van der Waals surface area (Å²) in [5.74, 6) is 0.855. The lowest BCUT2D eigenvalue weighted by Gasteiger charge is -2.24. The van der Waals surface area contributed by atoms with Crippen molar-refractivity contribution < 1.29 is 9.84 Å². The fourth-order valence-electron chi connectivity index (χ4n) is 2.77. The Morgan fingerprint density at radius 1 is 1.08 bits per heavy atom. The van der Waals surface area contributed by atoms with Crippen LogP contribution in [0.1, 0.15) is 50.4 Å². The van der Waals surface area contributed by atoms with Crippen molar-refractivity contribution >= 4 is 0 Å². The Bertz CT molecular complexity index is 661. The van der Waals surface area contributed by atoms with Crippen LogP contribution in [0.3, 0.4) is 0 Å². The van der Waals surface area contributed by atoms with E-state index in [4.69, 9.17) is 4.74 Å². The second-order valence-corrected chi connectivity index (χ2v) is 7.76. The molecule has 2 rings (SSSR count). The van der Waals surface area contributed by atoms with Crippen LogP contribution in [0.15, 0.2) is 48.5 Å². The van der Waals surface area contributed by atoms with Crippen molar-refractivity contribution in [3.05, 3.63) is 65.2 Å². The number of benzene rings is 2. The summed E-state index contributed by atoms with van der Waals surface area (Å²) >= 11 is 0. The molecule has 0 heterocycles. The number of ether oxygens (including phenoxy) is 1. The van der Waals surface area contributed by atoms with Crippen LogP contribution in [-0.2, 0) is 5.41 Å². The maximum atomic E-state index is 10.3. The van der Waals surface area contributed by atoms with E-state index in [0.717, 1.165) is 5.75 Å². The minimum absolute atomic E-state index is 0.00633. The largest absolute Gasteiger partial charge is 0.491 e. The maximum absolute atomic E-state index is 10.3. The average molecular weight is 341 g/mol. The van der Waals surface area contributed by atoms with Gasteiger partial charge in [0.2, 0.25) is 0 Å². The Morgan fingerprint density at radius 2 is 1.76 bits per heavy atom. The molecule has 3 heteroatoms. The van der Waals surface area contributed by atoms with E-state index in [0.29, 0.717) is 6.54 Å². The molecule has 0 amide bonds. The minimum Gasteiger partial charge on any atom is -0.491 e. The number of nitrogens with one attached hydrogen (secondary N) is 1. The lowest BCUT2D eigenvalue weighted by molar-refractivity contribution is 0.103. The van der Waals surface area contributed by atoms with Crippen LogP contribution in [-0.4, -0.2) is 24.4 Å². The van der Waals surface area contributed by atoms with Gasteiger partial charge < -0.3 is 15.2 Å². The van der Waals surface area contributed by atoms with Crippen LogP contribution in [0.2, 0.25) is 0 Å². The standard InChI is InChI=1S/C22H31NO2/c1-16-11-12-21(20(13-16)22(3,4)5)25-15-19(24)14-23-17(2)18-9-7-6-8-10-18/h6-13,17,19,23-24H,14-15H2,1-5H3/t17-,19+/m1/s1. The Labute approximate surface area is 152 Å². The quantitative estimate of drug-likeness (QED) is 0.785. The van der Waals surface area contributed by atoms with E-state index >= 15 is 0 Å². The molecule has 0 fully saturated rings. The highest BCUT2D eigenvalue weighted by Gasteiger charge is 2.20. The maximum Gasteiger partial charge on any atom is 0.123 e. The van der Waals surface area contributed by atoms with Gasteiger partial charge in [0.05, 0.1) is 0 Å². The van der Waals surface area contributed by atoms with Crippen LogP contribution >= 0.6 is 0 Å². The zero-order valence-electron chi connectivity index (χ0n) is 16.0. The molecule has 0 unspecified atom stereocenters. The van der Waals surface area contributed by atoms with Crippen LogP contribution in [0.5, 0.6) is 5.75 Å². The number of aliphatic hydroxyl groups excluding tert-OH is 1. The third-order valence-electron chi connectivity index (χ3n) is 4.33. The highest BCUT2D eigenvalue weighted by molar-refractivity contribution is 5.41. The molecule has 0 bridgehead atoms. The summed E-state index contributed by atoms with van der Waals surface area (Å²) in [5.41, 5.74) is 3.61. The number of hydrogen-bond donors (Lipinski definition) is 2. The van der Waals surface area contributed by atoms with E-state index in [1.807, 2.05) is 30.3 Å². The van der Waals surface area contributed by atoms with Gasteiger partial charge in [-0.15, -0.1) is 0 Å². The van der Waals surface area contributed by atoms with E-state index in [2.05, 4.69) is 58.1 Å². The van der Waals surface area contributed by atoms with Crippen LogP contribution in [0, 0.1) is 6.92 Å². The molecule has 0 aliphatic rings. The lowest BCUT2D eigenvalue weighted by atomic mass is 9.85. The average Bonchev–Trinajstić information content (AvgIpc) is 2.58. The zero-order valence-corrected chi connectivity index (χ0v) is 16.0. The molecule has 0 saturated carbocycles. The molecule has 0 radical (unpaired) electrons. The van der Waals surface area contributed by atoms with Crippen molar-refractivity contribution in [1.29, 1.82) is 0 Å². The van der Waals surface area contributed by atoms with Gasteiger partial charge in [-0.1, -0.05) is 68.8 Å². The van der Waals surface area contributed by atoms with Crippen molar-refractivity contribution in [2.45, 2.75) is 52.2 Å². The highest BCUT2D eigenvalue weighted by Crippen LogP contribution is 2.32. The Balaban J connectivity index is 1.89. The van der Waals surface area contributed by atoms with Crippen LogP contribution in [0.25, 0.3) is 0 Å². The number of aryl methyl sites for hydroxylation is 1. The van der Waals surface area contributed by atoms with Gasteiger partial charge in [-0.2, -0.15) is 0 Å². The third kappa shape index (κ3) is 5.87. The number of rotatable bonds is 7. The van der Waals surface area contributed by atoms with Gasteiger partial charge in [-0.05, 0) is 36.5 Å². The van der Waals surface area contributed by atoms with Gasteiger partial charge in [0, 0.05) is 12.6 Å². The molecule has 25 heavy (non-hydrogen) atoms. The van der Waals surface area contributed by atoms with Gasteiger partial charge in [0.25, 0.3) is 0 Å². The van der Waals surface area contributed by atoms with Crippen LogP contribution in [0.4, 0.5) is 0 Å². The van der Waals surface area contributed by atoms with Crippen molar-refractivity contribution in [2.24, 2.45) is 0 Å². The highest BCUT2D eigenvalue weighted by atomic mass is 16.5. The molecule has 136 valence electrons. The van der Waals surface area contributed by atoms with Gasteiger partial charge in [-0.3, -0.25) is 0 Å². The van der Waals surface area contributed by atoms with Crippen molar-refractivity contribution in [3.8, 4) is 5.75 Å². The molecular weight excluding hydrogens is 310 g/mol. The summed E-state index contributed by atoms with van der Waals surface area (Å²) < 4.78 is 5.93. The molecule has 2 N–H and O–H groups in total. The monoisotopic (exact) mass is 341 g/mol. The fraction of sp³-hybridized carbons (Fsp3) is 0.455. The second-order valence-electron chi connectivity index (χ2n) is 7.76. The summed E-state index contributed by atoms with van der Waals surface area (Å²) in [5, 5.41) is 13.6. The van der Waals surface area contributed by atoms with Crippen molar-refractivity contribution in [2.75, 3.05) is 13.2 Å². The fourth-order valence-corrected chi connectivity index (χ4v) is 2.77. The smallest absolute Gasteiger partial charge is 0.123 e. The summed E-state index contributed by atoms with van der Waals surface area (Å²) in [7, 11) is 0. The van der Waals surface area contributed by atoms with E-state index in [1.54, 1.807) is 0 Å². The normalized spacial score (nSPS) is 14.2. The first-order valence-electron chi connectivity index (χ1n) is 8.97. The predicted octanol–water partition coefficient (Wildman–Crippen LogP) is 4.38. The van der Waals surface area contributed by atoms with Gasteiger partial charge in [-0.25, -0.2) is 0 Å². The van der Waals surface area contributed by atoms with E-state index in [-0.39, 0.29) is 18.1 Å². The first-order chi connectivity index (χ1) is 11.8. The van der Waals surface area contributed by atoms with Gasteiger partial charge >= 0.3 is 0 Å². The van der Waals surface area contributed by atoms with E-state index in [1.165, 1.54) is 16.7 Å². The molecular formula is C22H31NO2. The molecule has 2 aromatic carbocycles. The summed E-state index contributed by atoms with van der Waals surface area (Å²) in [6, 6.07) is 16.6.